The van der Waals surface area contributed by atoms with E-state index in [1.807, 2.05) is 14.1 Å². The zero-order valence-electron chi connectivity index (χ0n) is 3.71. The summed E-state index contributed by atoms with van der Waals surface area (Å²) in [5.41, 5.74) is 0. The van der Waals surface area contributed by atoms with Crippen LogP contribution in [0.3, 0.4) is 0 Å². The fourth-order valence-electron chi connectivity index (χ4n) is 0. The van der Waals surface area contributed by atoms with Crippen molar-refractivity contribution >= 4 is 12.8 Å². The van der Waals surface area contributed by atoms with Gasteiger partial charge in [0.15, 0.2) is 0 Å². The highest BCUT2D eigenvalue weighted by atomic mass is 32.1. The lowest BCUT2D eigenvalue weighted by Crippen LogP contribution is -1.89. The maximum Gasteiger partial charge on any atom is -0.00309 e. The zero-order valence-corrected chi connectivity index (χ0v) is 4.61. The van der Waals surface area contributed by atoms with Crippen LogP contribution in [-0.2, 0) is 0 Å². The molecule has 0 radical (unpaired) electrons. The summed E-state index contributed by atoms with van der Waals surface area (Å²) in [6, 6.07) is 0. The van der Waals surface area contributed by atoms with E-state index in [9.17, 15) is 0 Å². The molecule has 0 aromatic rings. The first kappa shape index (κ1) is 16.4. The molecule has 4 heteroatoms. The van der Waals surface area contributed by atoms with Crippen molar-refractivity contribution in [3.63, 3.8) is 0 Å². The number of hydrogen-bond donors (Lipinski definition) is 1. The SMILES string of the molecule is CN(C)S.F.F. The average Bonchev–Trinajstić information content (AvgIpc) is 0.811. The first-order valence-electron chi connectivity index (χ1n) is 1.09. The molecule has 0 saturated heterocycles. The van der Waals surface area contributed by atoms with E-state index in [4.69, 9.17) is 0 Å². The molecule has 0 aromatic carbocycles. The Balaban J connectivity index is -0.0000000450. The summed E-state index contributed by atoms with van der Waals surface area (Å²) in [6.07, 6.45) is 0. The Morgan fingerprint density at radius 1 is 1.17 bits per heavy atom. The van der Waals surface area contributed by atoms with E-state index >= 15 is 0 Å². The molecular weight excluding hydrogens is 108 g/mol. The lowest BCUT2D eigenvalue weighted by Gasteiger charge is -1.88. The number of thiol groups is 1. The van der Waals surface area contributed by atoms with Gasteiger partial charge in [-0.25, -0.2) is 0 Å². The minimum Gasteiger partial charge on any atom is -0.269 e. The summed E-state index contributed by atoms with van der Waals surface area (Å²) in [4.78, 5) is 0. The molecule has 0 aliphatic heterocycles. The van der Waals surface area contributed by atoms with E-state index in [0.29, 0.717) is 0 Å². The van der Waals surface area contributed by atoms with Crippen LogP contribution in [0, 0.1) is 0 Å². The Labute approximate surface area is 41.6 Å². The molecule has 42 valence electrons. The van der Waals surface area contributed by atoms with Crippen LogP contribution in [0.1, 0.15) is 0 Å². The van der Waals surface area contributed by atoms with E-state index in [1.54, 1.807) is 4.31 Å². The Kier molecular flexibility index (Phi) is 24.5. The molecule has 0 saturated carbocycles. The maximum atomic E-state index is 3.80. The van der Waals surface area contributed by atoms with Gasteiger partial charge in [-0.05, 0) is 14.1 Å². The fraction of sp³-hybridized carbons (Fsp3) is 1.00. The van der Waals surface area contributed by atoms with Crippen molar-refractivity contribution in [2.24, 2.45) is 0 Å². The highest BCUT2D eigenvalue weighted by Crippen LogP contribution is 1.69. The van der Waals surface area contributed by atoms with Gasteiger partial charge in [0.1, 0.15) is 0 Å². The van der Waals surface area contributed by atoms with Crippen LogP contribution in [0.25, 0.3) is 0 Å². The smallest absolute Gasteiger partial charge is 0.00309 e. The van der Waals surface area contributed by atoms with E-state index in [0.717, 1.165) is 0 Å². The van der Waals surface area contributed by atoms with Gasteiger partial charge in [-0.3, -0.25) is 13.7 Å². The molecule has 0 atom stereocenters. The molecule has 0 spiro atoms. The summed E-state index contributed by atoms with van der Waals surface area (Å²) in [6.45, 7) is 0. The summed E-state index contributed by atoms with van der Waals surface area (Å²) in [5, 5.41) is 0. The molecule has 0 N–H and O–H groups in total. The zero-order chi connectivity index (χ0) is 3.58. The van der Waals surface area contributed by atoms with Crippen molar-refractivity contribution in [3.8, 4) is 0 Å². The van der Waals surface area contributed by atoms with Gasteiger partial charge in [0, 0.05) is 0 Å². The fourth-order valence-corrected chi connectivity index (χ4v) is 0. The highest BCUT2D eigenvalue weighted by Gasteiger charge is 1.59. The first-order valence-corrected chi connectivity index (χ1v) is 1.49. The second-order valence-electron chi connectivity index (χ2n) is 0.847. The Morgan fingerprint density at radius 2 is 1.17 bits per heavy atom. The molecule has 0 aliphatic carbocycles. The molecule has 0 rings (SSSR count). The van der Waals surface area contributed by atoms with E-state index in [1.165, 1.54) is 0 Å². The topological polar surface area (TPSA) is 3.24 Å². The molecule has 0 aromatic heterocycles. The summed E-state index contributed by atoms with van der Waals surface area (Å²) < 4.78 is 1.69. The summed E-state index contributed by atoms with van der Waals surface area (Å²) in [5.74, 6) is 0. The molecule has 0 bridgehead atoms. The lowest BCUT2D eigenvalue weighted by molar-refractivity contribution is 0.714. The minimum atomic E-state index is 0. The van der Waals surface area contributed by atoms with Crippen LogP contribution in [0.2, 0.25) is 0 Å². The van der Waals surface area contributed by atoms with Crippen molar-refractivity contribution in [2.45, 2.75) is 0 Å². The molecule has 6 heavy (non-hydrogen) atoms. The van der Waals surface area contributed by atoms with Crippen LogP contribution in [0.15, 0.2) is 0 Å². The number of nitrogens with zero attached hydrogens (tertiary/aromatic N) is 1. The van der Waals surface area contributed by atoms with Gasteiger partial charge < -0.3 is 0 Å². The average molecular weight is 117 g/mol. The Hall–Kier alpha value is 0.170. The molecule has 0 unspecified atom stereocenters. The van der Waals surface area contributed by atoms with Crippen molar-refractivity contribution in [3.05, 3.63) is 0 Å². The van der Waals surface area contributed by atoms with Gasteiger partial charge in [-0.2, -0.15) is 0 Å². The van der Waals surface area contributed by atoms with Gasteiger partial charge >= 0.3 is 0 Å². The lowest BCUT2D eigenvalue weighted by atomic mass is 11.3. The van der Waals surface area contributed by atoms with Gasteiger partial charge in [-0.1, -0.05) is 12.8 Å². The molecular formula is C2H9F2NS. The third-order valence-corrected chi connectivity index (χ3v) is 0. The van der Waals surface area contributed by atoms with Crippen LogP contribution in [0.4, 0.5) is 9.41 Å². The summed E-state index contributed by atoms with van der Waals surface area (Å²) >= 11 is 3.80. The second kappa shape index (κ2) is 8.95. The molecule has 0 amide bonds. The monoisotopic (exact) mass is 117 g/mol. The maximum absolute atomic E-state index is 3.80. The summed E-state index contributed by atoms with van der Waals surface area (Å²) in [7, 11) is 3.73. The van der Waals surface area contributed by atoms with E-state index < -0.39 is 0 Å². The van der Waals surface area contributed by atoms with Gasteiger partial charge in [0.25, 0.3) is 0 Å². The van der Waals surface area contributed by atoms with Crippen LogP contribution < -0.4 is 0 Å². The molecule has 0 heterocycles. The van der Waals surface area contributed by atoms with Crippen molar-refractivity contribution < 1.29 is 9.41 Å². The normalized spacial score (nSPS) is 6.00. The minimum absolute atomic E-state index is 0. The van der Waals surface area contributed by atoms with Crippen LogP contribution >= 0.6 is 12.8 Å². The third-order valence-electron chi connectivity index (χ3n) is 0. The van der Waals surface area contributed by atoms with Gasteiger partial charge in [-0.15, -0.1) is 0 Å². The van der Waals surface area contributed by atoms with Crippen molar-refractivity contribution in [2.75, 3.05) is 14.1 Å². The van der Waals surface area contributed by atoms with Gasteiger partial charge in [0.2, 0.25) is 0 Å². The van der Waals surface area contributed by atoms with Crippen molar-refractivity contribution in [1.29, 1.82) is 0 Å². The highest BCUT2D eigenvalue weighted by molar-refractivity contribution is 7.77. The van der Waals surface area contributed by atoms with E-state index in [2.05, 4.69) is 12.8 Å². The van der Waals surface area contributed by atoms with Crippen molar-refractivity contribution in [1.82, 2.24) is 4.31 Å². The second-order valence-corrected chi connectivity index (χ2v) is 1.65. The predicted octanol–water partition coefficient (Wildman–Crippen LogP) is 0.698. The largest absolute Gasteiger partial charge is 0.269 e. The Morgan fingerprint density at radius 3 is 1.17 bits per heavy atom. The number of rotatable bonds is 0. The van der Waals surface area contributed by atoms with E-state index in [-0.39, 0.29) is 9.41 Å². The first-order chi connectivity index (χ1) is 1.73. The standard InChI is InChI=1S/C2H7NS.2FH/c1-3(2)4;;/h4H,1-2H3;2*1H. The molecule has 1 nitrogen and oxygen atoms in total. The molecule has 0 aliphatic rings. The molecule has 0 fully saturated rings. The number of halogens is 2. The van der Waals surface area contributed by atoms with Gasteiger partial charge in [0.05, 0.1) is 0 Å². The number of hydrogen-bond acceptors (Lipinski definition) is 2. The third kappa shape index (κ3) is 1450. The quantitative estimate of drug-likeness (QED) is 0.457. The van der Waals surface area contributed by atoms with Crippen LogP contribution in [0.5, 0.6) is 0 Å². The Bertz CT molecular complexity index is 16.3. The predicted molar refractivity (Wildman–Crippen MR) is 27.7 cm³/mol. The van der Waals surface area contributed by atoms with Crippen LogP contribution in [-0.4, -0.2) is 18.4 Å².